The zero-order valence-corrected chi connectivity index (χ0v) is 10.3. The molecule has 16 heavy (non-hydrogen) atoms. The lowest BCUT2D eigenvalue weighted by Gasteiger charge is -2.23. The average Bonchev–Trinajstić information content (AvgIpc) is 2.66. The second-order valence-electron chi connectivity index (χ2n) is 4.97. The first-order chi connectivity index (χ1) is 7.75. The minimum Gasteiger partial charge on any atom is -0.314 e. The molecule has 1 saturated heterocycles. The van der Waals surface area contributed by atoms with Crippen LogP contribution in [-0.4, -0.2) is 31.1 Å². The Bertz CT molecular complexity index is 310. The highest BCUT2D eigenvalue weighted by atomic mass is 15.1. The van der Waals surface area contributed by atoms with Crippen molar-refractivity contribution in [3.05, 3.63) is 35.9 Å². The first-order valence-corrected chi connectivity index (χ1v) is 6.21. The molecule has 2 unspecified atom stereocenters. The molecule has 0 saturated carbocycles. The van der Waals surface area contributed by atoms with E-state index < -0.39 is 0 Å². The molecular weight excluding hydrogens is 196 g/mol. The predicted molar refractivity (Wildman–Crippen MR) is 68.3 cm³/mol. The molecule has 1 aliphatic rings. The molecule has 1 fully saturated rings. The van der Waals surface area contributed by atoms with Gasteiger partial charge in [0, 0.05) is 19.1 Å². The Hall–Kier alpha value is -0.860. The number of benzene rings is 1. The molecule has 2 rings (SSSR count). The number of rotatable bonds is 4. The maximum atomic E-state index is 3.51. The monoisotopic (exact) mass is 218 g/mol. The van der Waals surface area contributed by atoms with Crippen LogP contribution in [0.25, 0.3) is 0 Å². The Balaban J connectivity index is 1.82. The van der Waals surface area contributed by atoms with E-state index in [1.54, 1.807) is 0 Å². The normalized spacial score (nSPS) is 25.2. The second-order valence-corrected chi connectivity index (χ2v) is 4.97. The van der Waals surface area contributed by atoms with Gasteiger partial charge in [-0.2, -0.15) is 0 Å². The molecule has 1 heterocycles. The van der Waals surface area contributed by atoms with E-state index in [-0.39, 0.29) is 0 Å². The van der Waals surface area contributed by atoms with Gasteiger partial charge in [-0.25, -0.2) is 0 Å². The summed E-state index contributed by atoms with van der Waals surface area (Å²) in [5, 5.41) is 3.51. The van der Waals surface area contributed by atoms with Gasteiger partial charge < -0.3 is 10.2 Å². The molecule has 0 spiro atoms. The van der Waals surface area contributed by atoms with Crippen molar-refractivity contribution in [1.29, 1.82) is 0 Å². The average molecular weight is 218 g/mol. The first kappa shape index (κ1) is 11.6. The van der Waals surface area contributed by atoms with Gasteiger partial charge in [0.25, 0.3) is 0 Å². The summed E-state index contributed by atoms with van der Waals surface area (Å²) in [6.07, 6.45) is 1.32. The number of nitrogens with one attached hydrogen (secondary N) is 1. The summed E-state index contributed by atoms with van der Waals surface area (Å²) in [5.41, 5.74) is 1.41. The summed E-state index contributed by atoms with van der Waals surface area (Å²) in [4.78, 5) is 2.43. The number of nitrogens with zero attached hydrogens (tertiary/aromatic N) is 1. The van der Waals surface area contributed by atoms with Gasteiger partial charge in [-0.1, -0.05) is 30.3 Å². The van der Waals surface area contributed by atoms with E-state index in [0.717, 1.165) is 12.5 Å². The molecule has 0 bridgehead atoms. The van der Waals surface area contributed by atoms with Crippen molar-refractivity contribution >= 4 is 0 Å². The fraction of sp³-hybridized carbons (Fsp3) is 0.571. The van der Waals surface area contributed by atoms with Crippen molar-refractivity contribution in [3.63, 3.8) is 0 Å². The second kappa shape index (κ2) is 5.46. The first-order valence-electron chi connectivity index (χ1n) is 6.21. The van der Waals surface area contributed by atoms with Gasteiger partial charge in [0.1, 0.15) is 0 Å². The van der Waals surface area contributed by atoms with Crippen LogP contribution in [0.15, 0.2) is 30.3 Å². The quantitative estimate of drug-likeness (QED) is 0.832. The molecule has 1 aromatic rings. The molecule has 0 aromatic heterocycles. The van der Waals surface area contributed by atoms with Crippen LogP contribution in [0.2, 0.25) is 0 Å². The lowest BCUT2D eigenvalue weighted by Crippen LogP contribution is -2.32. The SMILES string of the molecule is CC1NCCC1CN(C)Cc1ccccc1. The van der Waals surface area contributed by atoms with Crippen molar-refractivity contribution in [2.45, 2.75) is 25.9 Å². The van der Waals surface area contributed by atoms with Gasteiger partial charge in [0.15, 0.2) is 0 Å². The lowest BCUT2D eigenvalue weighted by atomic mass is 10.0. The van der Waals surface area contributed by atoms with Gasteiger partial charge in [-0.3, -0.25) is 0 Å². The molecule has 0 amide bonds. The van der Waals surface area contributed by atoms with Crippen molar-refractivity contribution in [1.82, 2.24) is 10.2 Å². The van der Waals surface area contributed by atoms with Gasteiger partial charge in [0.2, 0.25) is 0 Å². The van der Waals surface area contributed by atoms with Crippen molar-refractivity contribution < 1.29 is 0 Å². The molecule has 0 radical (unpaired) electrons. The van der Waals surface area contributed by atoms with E-state index >= 15 is 0 Å². The van der Waals surface area contributed by atoms with Gasteiger partial charge >= 0.3 is 0 Å². The van der Waals surface area contributed by atoms with Crippen LogP contribution in [0.1, 0.15) is 18.9 Å². The molecular formula is C14H22N2. The van der Waals surface area contributed by atoms with Crippen LogP contribution < -0.4 is 5.32 Å². The van der Waals surface area contributed by atoms with Crippen LogP contribution in [0.5, 0.6) is 0 Å². The highest BCUT2D eigenvalue weighted by Crippen LogP contribution is 2.16. The molecule has 2 atom stereocenters. The van der Waals surface area contributed by atoms with E-state index in [4.69, 9.17) is 0 Å². The van der Waals surface area contributed by atoms with Gasteiger partial charge in [-0.15, -0.1) is 0 Å². The zero-order chi connectivity index (χ0) is 11.4. The van der Waals surface area contributed by atoms with E-state index in [1.807, 2.05) is 0 Å². The summed E-state index contributed by atoms with van der Waals surface area (Å²) < 4.78 is 0. The highest BCUT2D eigenvalue weighted by Gasteiger charge is 2.23. The third-order valence-corrected chi connectivity index (χ3v) is 3.53. The minimum atomic E-state index is 0.679. The van der Waals surface area contributed by atoms with Gasteiger partial charge in [-0.05, 0) is 38.4 Å². The maximum absolute atomic E-state index is 3.51. The maximum Gasteiger partial charge on any atom is 0.0230 e. The Kier molecular flexibility index (Phi) is 3.97. The third-order valence-electron chi connectivity index (χ3n) is 3.53. The topological polar surface area (TPSA) is 15.3 Å². The fourth-order valence-electron chi connectivity index (χ4n) is 2.52. The van der Waals surface area contributed by atoms with Crippen LogP contribution >= 0.6 is 0 Å². The Labute approximate surface area is 98.7 Å². The van der Waals surface area contributed by atoms with Crippen molar-refractivity contribution in [3.8, 4) is 0 Å². The van der Waals surface area contributed by atoms with Gasteiger partial charge in [0.05, 0.1) is 0 Å². The van der Waals surface area contributed by atoms with Crippen molar-refractivity contribution in [2.75, 3.05) is 20.1 Å². The smallest absolute Gasteiger partial charge is 0.0230 e. The Morgan fingerprint density at radius 2 is 2.06 bits per heavy atom. The van der Waals surface area contributed by atoms with E-state index in [1.165, 1.54) is 25.1 Å². The molecule has 2 heteroatoms. The minimum absolute atomic E-state index is 0.679. The zero-order valence-electron chi connectivity index (χ0n) is 10.3. The molecule has 2 nitrogen and oxygen atoms in total. The summed E-state index contributed by atoms with van der Waals surface area (Å²) in [6, 6.07) is 11.4. The predicted octanol–water partition coefficient (Wildman–Crippen LogP) is 2.12. The van der Waals surface area contributed by atoms with E-state index in [2.05, 4.69) is 54.5 Å². The molecule has 88 valence electrons. The summed E-state index contributed by atoms with van der Waals surface area (Å²) in [5.74, 6) is 0.814. The molecule has 0 aliphatic carbocycles. The van der Waals surface area contributed by atoms with Crippen LogP contribution in [-0.2, 0) is 6.54 Å². The molecule has 1 aromatic carbocycles. The fourth-order valence-corrected chi connectivity index (χ4v) is 2.52. The van der Waals surface area contributed by atoms with Crippen molar-refractivity contribution in [2.24, 2.45) is 5.92 Å². The Morgan fingerprint density at radius 3 is 2.69 bits per heavy atom. The third kappa shape index (κ3) is 3.06. The van der Waals surface area contributed by atoms with E-state index in [0.29, 0.717) is 6.04 Å². The van der Waals surface area contributed by atoms with Crippen LogP contribution in [0.3, 0.4) is 0 Å². The molecule has 1 aliphatic heterocycles. The van der Waals surface area contributed by atoms with E-state index in [9.17, 15) is 0 Å². The lowest BCUT2D eigenvalue weighted by molar-refractivity contribution is 0.259. The summed E-state index contributed by atoms with van der Waals surface area (Å²) in [6.45, 7) is 5.74. The largest absolute Gasteiger partial charge is 0.314 e. The van der Waals surface area contributed by atoms with Crippen LogP contribution in [0.4, 0.5) is 0 Å². The molecule has 1 N–H and O–H groups in total. The van der Waals surface area contributed by atoms with Crippen LogP contribution in [0, 0.1) is 5.92 Å². The number of hydrogen-bond donors (Lipinski definition) is 1. The summed E-state index contributed by atoms with van der Waals surface area (Å²) in [7, 11) is 2.22. The Morgan fingerprint density at radius 1 is 1.31 bits per heavy atom. The summed E-state index contributed by atoms with van der Waals surface area (Å²) >= 11 is 0. The number of hydrogen-bond acceptors (Lipinski definition) is 2. The highest BCUT2D eigenvalue weighted by molar-refractivity contribution is 5.14. The standard InChI is InChI=1S/C14H22N2/c1-12-14(8-9-15-12)11-16(2)10-13-6-4-3-5-7-13/h3-7,12,14-15H,8-11H2,1-2H3.